The lowest BCUT2D eigenvalue weighted by Gasteiger charge is -2.07. The molecule has 1 aliphatic rings. The third-order valence-corrected chi connectivity index (χ3v) is 3.06. The third-order valence-electron chi connectivity index (χ3n) is 2.78. The largest absolute Gasteiger partial charge is 0.492 e. The van der Waals surface area contributed by atoms with Crippen LogP contribution >= 0.6 is 11.6 Å². The van der Waals surface area contributed by atoms with Crippen LogP contribution in [-0.4, -0.2) is 11.6 Å². The molecule has 16 heavy (non-hydrogen) atoms. The lowest BCUT2D eigenvalue weighted by molar-refractivity contribution is 0.356. The van der Waals surface area contributed by atoms with Gasteiger partial charge < -0.3 is 4.74 Å². The predicted octanol–water partition coefficient (Wildman–Crippen LogP) is 2.69. The molecule has 1 aromatic heterocycles. The number of rotatable bonds is 0. The van der Waals surface area contributed by atoms with Gasteiger partial charge in [0, 0.05) is 23.6 Å². The molecule has 0 amide bonds. The van der Waals surface area contributed by atoms with Crippen LogP contribution in [-0.2, 0) is 6.42 Å². The number of pyridine rings is 1. The average molecular weight is 231 g/mol. The number of nitrogens with zero attached hydrogens (tertiary/aromatic N) is 2. The Morgan fingerprint density at radius 3 is 3.19 bits per heavy atom. The second kappa shape index (κ2) is 3.36. The van der Waals surface area contributed by atoms with E-state index in [0.29, 0.717) is 23.1 Å². The van der Waals surface area contributed by atoms with E-state index in [1.807, 2.05) is 6.07 Å². The SMILES string of the molecule is N#Cc1cc2ccnc(Cl)c2c2c1OCC2. The minimum Gasteiger partial charge on any atom is -0.492 e. The smallest absolute Gasteiger partial charge is 0.141 e. The summed E-state index contributed by atoms with van der Waals surface area (Å²) in [6, 6.07) is 5.81. The van der Waals surface area contributed by atoms with Crippen LogP contribution < -0.4 is 4.74 Å². The zero-order chi connectivity index (χ0) is 11.1. The fraction of sp³-hybridized carbons (Fsp3) is 0.167. The Hall–Kier alpha value is -1.79. The number of hydrogen-bond donors (Lipinski definition) is 0. The van der Waals surface area contributed by atoms with Crippen LogP contribution in [0.2, 0.25) is 5.15 Å². The second-order valence-electron chi connectivity index (χ2n) is 3.64. The normalized spacial score (nSPS) is 13.2. The lowest BCUT2D eigenvalue weighted by Crippen LogP contribution is -1.89. The summed E-state index contributed by atoms with van der Waals surface area (Å²) in [7, 11) is 0. The molecule has 1 aromatic carbocycles. The Bertz CT molecular complexity index is 631. The molecule has 0 saturated heterocycles. The van der Waals surface area contributed by atoms with Crippen molar-refractivity contribution in [1.29, 1.82) is 5.26 Å². The van der Waals surface area contributed by atoms with Crippen LogP contribution in [0.3, 0.4) is 0 Å². The average Bonchev–Trinajstić information content (AvgIpc) is 2.76. The summed E-state index contributed by atoms with van der Waals surface area (Å²) in [6.07, 6.45) is 2.43. The van der Waals surface area contributed by atoms with Gasteiger partial charge >= 0.3 is 0 Å². The van der Waals surface area contributed by atoms with E-state index < -0.39 is 0 Å². The first-order valence-corrected chi connectivity index (χ1v) is 5.32. The molecule has 4 heteroatoms. The van der Waals surface area contributed by atoms with Crippen LogP contribution in [0.4, 0.5) is 0 Å². The van der Waals surface area contributed by atoms with E-state index >= 15 is 0 Å². The van der Waals surface area contributed by atoms with E-state index in [1.165, 1.54) is 0 Å². The van der Waals surface area contributed by atoms with Gasteiger partial charge in [0.2, 0.25) is 0 Å². The number of halogens is 1. The third kappa shape index (κ3) is 1.17. The predicted molar refractivity (Wildman–Crippen MR) is 60.7 cm³/mol. The van der Waals surface area contributed by atoms with Gasteiger partial charge in [-0.1, -0.05) is 11.6 Å². The summed E-state index contributed by atoms with van der Waals surface area (Å²) in [5.74, 6) is 0.671. The second-order valence-corrected chi connectivity index (χ2v) is 4.00. The maximum Gasteiger partial charge on any atom is 0.141 e. The number of benzene rings is 1. The number of hydrogen-bond acceptors (Lipinski definition) is 3. The fourth-order valence-electron chi connectivity index (χ4n) is 2.11. The standard InChI is InChI=1S/C12H7ClN2O/c13-12-10-7(1-3-15-12)5-8(6-14)11-9(10)2-4-16-11/h1,3,5H,2,4H2. The Morgan fingerprint density at radius 2 is 2.38 bits per heavy atom. The highest BCUT2D eigenvalue weighted by Gasteiger charge is 2.21. The van der Waals surface area contributed by atoms with Gasteiger partial charge in [0.1, 0.15) is 17.0 Å². The molecule has 2 aromatic rings. The van der Waals surface area contributed by atoms with Crippen molar-refractivity contribution in [3.63, 3.8) is 0 Å². The summed E-state index contributed by atoms with van der Waals surface area (Å²) >= 11 is 6.09. The molecule has 0 unspecified atom stereocenters. The first-order valence-electron chi connectivity index (χ1n) is 4.94. The highest BCUT2D eigenvalue weighted by atomic mass is 35.5. The van der Waals surface area contributed by atoms with Crippen molar-refractivity contribution in [1.82, 2.24) is 4.98 Å². The van der Waals surface area contributed by atoms with Crippen LogP contribution in [0.1, 0.15) is 11.1 Å². The van der Waals surface area contributed by atoms with Crippen molar-refractivity contribution in [2.24, 2.45) is 0 Å². The molecule has 0 radical (unpaired) electrons. The van der Waals surface area contributed by atoms with Gasteiger partial charge in [-0.2, -0.15) is 5.26 Å². The van der Waals surface area contributed by atoms with Crippen molar-refractivity contribution < 1.29 is 4.74 Å². The van der Waals surface area contributed by atoms with Crippen molar-refractivity contribution >= 4 is 22.4 Å². The summed E-state index contributed by atoms with van der Waals surface area (Å²) in [5, 5.41) is 11.4. The van der Waals surface area contributed by atoms with Gasteiger partial charge in [-0.3, -0.25) is 0 Å². The molecule has 0 spiro atoms. The number of nitriles is 1. The van der Waals surface area contributed by atoms with Gasteiger partial charge in [-0.25, -0.2) is 4.98 Å². The topological polar surface area (TPSA) is 45.9 Å². The van der Waals surface area contributed by atoms with E-state index in [-0.39, 0.29) is 0 Å². The van der Waals surface area contributed by atoms with Gasteiger partial charge in [0.25, 0.3) is 0 Å². The molecular formula is C12H7ClN2O. The highest BCUT2D eigenvalue weighted by Crippen LogP contribution is 2.38. The lowest BCUT2D eigenvalue weighted by atomic mass is 10.0. The van der Waals surface area contributed by atoms with E-state index in [9.17, 15) is 0 Å². The monoisotopic (exact) mass is 230 g/mol. The van der Waals surface area contributed by atoms with Crippen molar-refractivity contribution in [3.8, 4) is 11.8 Å². The molecule has 0 bridgehead atoms. The van der Waals surface area contributed by atoms with Crippen molar-refractivity contribution in [2.75, 3.05) is 6.61 Å². The zero-order valence-corrected chi connectivity index (χ0v) is 9.08. The van der Waals surface area contributed by atoms with Crippen LogP contribution in [0.5, 0.6) is 5.75 Å². The van der Waals surface area contributed by atoms with E-state index in [2.05, 4.69) is 11.1 Å². The quantitative estimate of drug-likeness (QED) is 0.654. The molecule has 0 aliphatic carbocycles. The number of fused-ring (bicyclic) bond motifs is 3. The molecule has 1 aliphatic heterocycles. The van der Waals surface area contributed by atoms with Crippen molar-refractivity contribution in [2.45, 2.75) is 6.42 Å². The Balaban J connectivity index is 2.50. The minimum absolute atomic E-state index is 0.476. The summed E-state index contributed by atoms with van der Waals surface area (Å²) in [6.45, 7) is 0.606. The Morgan fingerprint density at radius 1 is 1.50 bits per heavy atom. The molecule has 0 saturated carbocycles. The van der Waals surface area contributed by atoms with E-state index in [1.54, 1.807) is 12.3 Å². The number of aromatic nitrogens is 1. The highest BCUT2D eigenvalue weighted by molar-refractivity contribution is 6.34. The van der Waals surface area contributed by atoms with Gasteiger partial charge in [-0.05, 0) is 17.5 Å². The first kappa shape index (κ1) is 9.44. The van der Waals surface area contributed by atoms with Crippen LogP contribution in [0.25, 0.3) is 10.8 Å². The summed E-state index contributed by atoms with van der Waals surface area (Å²) in [4.78, 5) is 4.07. The zero-order valence-electron chi connectivity index (χ0n) is 8.33. The van der Waals surface area contributed by atoms with Crippen molar-refractivity contribution in [3.05, 3.63) is 34.6 Å². The molecule has 0 atom stereocenters. The van der Waals surface area contributed by atoms with Gasteiger partial charge in [-0.15, -0.1) is 0 Å². The maximum absolute atomic E-state index is 9.05. The maximum atomic E-state index is 9.05. The summed E-state index contributed by atoms with van der Waals surface area (Å²) < 4.78 is 5.47. The first-order chi connectivity index (χ1) is 7.81. The molecule has 0 N–H and O–H groups in total. The molecule has 2 heterocycles. The van der Waals surface area contributed by atoms with Crippen LogP contribution in [0, 0.1) is 11.3 Å². The molecule has 0 fully saturated rings. The molecule has 78 valence electrons. The van der Waals surface area contributed by atoms with Crippen LogP contribution in [0.15, 0.2) is 18.3 Å². The van der Waals surface area contributed by atoms with E-state index in [0.717, 1.165) is 22.8 Å². The Kier molecular flexibility index (Phi) is 1.98. The van der Waals surface area contributed by atoms with E-state index in [4.69, 9.17) is 21.6 Å². The molecule has 3 rings (SSSR count). The van der Waals surface area contributed by atoms with Gasteiger partial charge in [0.05, 0.1) is 12.2 Å². The fourth-order valence-corrected chi connectivity index (χ4v) is 2.39. The molecule has 3 nitrogen and oxygen atoms in total. The Labute approximate surface area is 97.2 Å². The minimum atomic E-state index is 0.476. The van der Waals surface area contributed by atoms with Gasteiger partial charge in [0.15, 0.2) is 0 Å². The number of ether oxygens (including phenoxy) is 1. The summed E-state index contributed by atoms with van der Waals surface area (Å²) in [5.41, 5.74) is 1.58. The molecular weight excluding hydrogens is 224 g/mol.